The Bertz CT molecular complexity index is 526. The Balaban J connectivity index is 0.00000208. The van der Waals surface area contributed by atoms with Crippen LogP contribution in [-0.4, -0.2) is 50.1 Å². The Morgan fingerprint density at radius 3 is 2.42 bits per heavy atom. The van der Waals surface area contributed by atoms with Crippen molar-refractivity contribution in [2.45, 2.75) is 31.1 Å². The summed E-state index contributed by atoms with van der Waals surface area (Å²) in [4.78, 5) is 15.2. The largest absolute Gasteiger partial charge is 0.354 e. The first-order valence-electron chi connectivity index (χ1n) is 8.68. The van der Waals surface area contributed by atoms with Gasteiger partial charge >= 0.3 is 0 Å². The van der Waals surface area contributed by atoms with Gasteiger partial charge in [0.15, 0.2) is 0 Å². The SMILES string of the molecule is Cl.O=C(NCCN1CCNCC1)C1(c2ccc(F)cc2)CCCC1. The van der Waals surface area contributed by atoms with Gasteiger partial charge in [-0.05, 0) is 30.5 Å². The van der Waals surface area contributed by atoms with E-state index in [1.54, 1.807) is 12.1 Å². The average Bonchev–Trinajstić information content (AvgIpc) is 3.07. The van der Waals surface area contributed by atoms with E-state index in [1.807, 2.05) is 0 Å². The minimum absolute atomic E-state index is 0. The summed E-state index contributed by atoms with van der Waals surface area (Å²) in [7, 11) is 0. The average molecular weight is 356 g/mol. The molecular formula is C18H27ClFN3O. The first-order chi connectivity index (χ1) is 11.2. The molecule has 0 radical (unpaired) electrons. The summed E-state index contributed by atoms with van der Waals surface area (Å²) in [6.07, 6.45) is 3.83. The number of carbonyl (C=O) groups is 1. The molecule has 1 saturated heterocycles. The van der Waals surface area contributed by atoms with Gasteiger partial charge in [-0.3, -0.25) is 9.69 Å². The maximum atomic E-state index is 13.2. The van der Waals surface area contributed by atoms with Gasteiger partial charge in [0.25, 0.3) is 0 Å². The van der Waals surface area contributed by atoms with Gasteiger partial charge in [-0.15, -0.1) is 12.4 Å². The molecule has 1 amide bonds. The third kappa shape index (κ3) is 4.26. The Kier molecular flexibility index (Phi) is 7.02. The van der Waals surface area contributed by atoms with Crippen LogP contribution in [0.1, 0.15) is 31.2 Å². The van der Waals surface area contributed by atoms with E-state index in [2.05, 4.69) is 15.5 Å². The monoisotopic (exact) mass is 355 g/mol. The van der Waals surface area contributed by atoms with Crippen molar-refractivity contribution in [1.29, 1.82) is 0 Å². The van der Waals surface area contributed by atoms with Crippen molar-refractivity contribution in [1.82, 2.24) is 15.5 Å². The number of carbonyl (C=O) groups excluding carboxylic acids is 1. The highest BCUT2D eigenvalue weighted by Gasteiger charge is 2.42. The lowest BCUT2D eigenvalue weighted by molar-refractivity contribution is -0.126. The Morgan fingerprint density at radius 2 is 1.79 bits per heavy atom. The maximum Gasteiger partial charge on any atom is 0.230 e. The predicted octanol–water partition coefficient (Wildman–Crippen LogP) is 2.08. The molecule has 2 aliphatic rings. The van der Waals surface area contributed by atoms with Crippen LogP contribution in [0.15, 0.2) is 24.3 Å². The topological polar surface area (TPSA) is 44.4 Å². The van der Waals surface area contributed by atoms with Crippen LogP contribution in [0.25, 0.3) is 0 Å². The van der Waals surface area contributed by atoms with E-state index in [4.69, 9.17) is 0 Å². The fourth-order valence-electron chi connectivity index (χ4n) is 3.83. The second kappa shape index (κ2) is 8.79. The van der Waals surface area contributed by atoms with Gasteiger partial charge < -0.3 is 10.6 Å². The minimum Gasteiger partial charge on any atom is -0.354 e. The second-order valence-electron chi connectivity index (χ2n) is 6.64. The Hall–Kier alpha value is -1.17. The van der Waals surface area contributed by atoms with Crippen molar-refractivity contribution >= 4 is 18.3 Å². The predicted molar refractivity (Wildman–Crippen MR) is 96.1 cm³/mol. The first-order valence-corrected chi connectivity index (χ1v) is 8.68. The van der Waals surface area contributed by atoms with Crippen LogP contribution in [0.3, 0.4) is 0 Å². The zero-order valence-corrected chi connectivity index (χ0v) is 14.8. The zero-order valence-electron chi connectivity index (χ0n) is 14.0. The first kappa shape index (κ1) is 19.2. The van der Waals surface area contributed by atoms with Crippen molar-refractivity contribution in [3.8, 4) is 0 Å². The Labute approximate surface area is 149 Å². The van der Waals surface area contributed by atoms with E-state index in [1.165, 1.54) is 12.1 Å². The number of nitrogens with one attached hydrogen (secondary N) is 2. The van der Waals surface area contributed by atoms with E-state index in [0.29, 0.717) is 6.54 Å². The number of hydrogen-bond donors (Lipinski definition) is 2. The molecule has 0 atom stereocenters. The summed E-state index contributed by atoms with van der Waals surface area (Å²) in [5.74, 6) is -0.141. The number of piperazine rings is 1. The second-order valence-corrected chi connectivity index (χ2v) is 6.64. The number of amides is 1. The molecule has 1 aromatic carbocycles. The molecule has 0 bridgehead atoms. The van der Waals surface area contributed by atoms with Crippen molar-refractivity contribution in [3.05, 3.63) is 35.6 Å². The molecule has 1 aliphatic heterocycles. The lowest BCUT2D eigenvalue weighted by Crippen LogP contribution is -2.48. The highest BCUT2D eigenvalue weighted by molar-refractivity contribution is 5.88. The molecule has 4 nitrogen and oxygen atoms in total. The smallest absolute Gasteiger partial charge is 0.230 e. The lowest BCUT2D eigenvalue weighted by atomic mass is 9.78. The fraction of sp³-hybridized carbons (Fsp3) is 0.611. The fourth-order valence-corrected chi connectivity index (χ4v) is 3.83. The normalized spacial score (nSPS) is 20.4. The lowest BCUT2D eigenvalue weighted by Gasteiger charge is -2.30. The molecule has 1 saturated carbocycles. The van der Waals surface area contributed by atoms with Crippen LogP contribution in [0.4, 0.5) is 4.39 Å². The summed E-state index contributed by atoms with van der Waals surface area (Å²) >= 11 is 0. The van der Waals surface area contributed by atoms with E-state index >= 15 is 0 Å². The van der Waals surface area contributed by atoms with Crippen LogP contribution in [-0.2, 0) is 10.2 Å². The van der Waals surface area contributed by atoms with Gasteiger partial charge in [-0.25, -0.2) is 4.39 Å². The number of rotatable bonds is 5. The summed E-state index contributed by atoms with van der Waals surface area (Å²) < 4.78 is 13.2. The third-order valence-corrected chi connectivity index (χ3v) is 5.21. The molecule has 2 fully saturated rings. The van der Waals surface area contributed by atoms with Gasteiger partial charge in [-0.1, -0.05) is 25.0 Å². The quantitative estimate of drug-likeness (QED) is 0.850. The molecule has 3 rings (SSSR count). The minimum atomic E-state index is -0.461. The number of nitrogens with zero attached hydrogens (tertiary/aromatic N) is 1. The van der Waals surface area contributed by atoms with E-state index in [-0.39, 0.29) is 24.1 Å². The summed E-state index contributed by atoms with van der Waals surface area (Å²) in [6, 6.07) is 6.47. The highest BCUT2D eigenvalue weighted by atomic mass is 35.5. The summed E-state index contributed by atoms with van der Waals surface area (Å²) in [6.45, 7) is 5.70. The molecular weight excluding hydrogens is 329 g/mol. The number of hydrogen-bond acceptors (Lipinski definition) is 3. The van der Waals surface area contributed by atoms with Gasteiger partial charge in [0.1, 0.15) is 5.82 Å². The molecule has 134 valence electrons. The van der Waals surface area contributed by atoms with Gasteiger partial charge in [-0.2, -0.15) is 0 Å². The molecule has 2 N–H and O–H groups in total. The van der Waals surface area contributed by atoms with Crippen LogP contribution < -0.4 is 10.6 Å². The standard InChI is InChI=1S/C18H26FN3O.ClH/c19-16-5-3-15(4-6-16)18(7-1-2-8-18)17(23)21-11-14-22-12-9-20-10-13-22;/h3-6,20H,1-2,7-14H2,(H,21,23);1H. The van der Waals surface area contributed by atoms with Crippen LogP contribution in [0.5, 0.6) is 0 Å². The molecule has 1 aromatic rings. The van der Waals surface area contributed by atoms with E-state index in [0.717, 1.165) is 64.0 Å². The van der Waals surface area contributed by atoms with E-state index < -0.39 is 5.41 Å². The summed E-state index contributed by atoms with van der Waals surface area (Å²) in [5.41, 5.74) is 0.494. The summed E-state index contributed by atoms with van der Waals surface area (Å²) in [5, 5.41) is 6.46. The van der Waals surface area contributed by atoms with Gasteiger partial charge in [0.2, 0.25) is 5.91 Å². The van der Waals surface area contributed by atoms with Crippen molar-refractivity contribution in [3.63, 3.8) is 0 Å². The van der Waals surface area contributed by atoms with Crippen LogP contribution >= 0.6 is 12.4 Å². The molecule has 0 aromatic heterocycles. The van der Waals surface area contributed by atoms with Gasteiger partial charge in [0, 0.05) is 39.3 Å². The van der Waals surface area contributed by atoms with Crippen molar-refractivity contribution < 1.29 is 9.18 Å². The number of benzene rings is 1. The van der Waals surface area contributed by atoms with Crippen molar-refractivity contribution in [2.24, 2.45) is 0 Å². The number of halogens is 2. The molecule has 0 spiro atoms. The molecule has 0 unspecified atom stereocenters. The third-order valence-electron chi connectivity index (χ3n) is 5.21. The van der Waals surface area contributed by atoms with Crippen molar-refractivity contribution in [2.75, 3.05) is 39.3 Å². The molecule has 24 heavy (non-hydrogen) atoms. The maximum absolute atomic E-state index is 13.2. The molecule has 1 heterocycles. The van der Waals surface area contributed by atoms with E-state index in [9.17, 15) is 9.18 Å². The van der Waals surface area contributed by atoms with Crippen LogP contribution in [0.2, 0.25) is 0 Å². The van der Waals surface area contributed by atoms with Gasteiger partial charge in [0.05, 0.1) is 5.41 Å². The highest BCUT2D eigenvalue weighted by Crippen LogP contribution is 2.41. The van der Waals surface area contributed by atoms with Crippen LogP contribution in [0, 0.1) is 5.82 Å². The molecule has 6 heteroatoms. The Morgan fingerprint density at radius 1 is 1.17 bits per heavy atom. The zero-order chi connectivity index (χ0) is 16.1. The molecule has 1 aliphatic carbocycles.